The van der Waals surface area contributed by atoms with E-state index in [2.05, 4.69) is 20.0 Å². The van der Waals surface area contributed by atoms with Crippen LogP contribution >= 0.6 is 11.6 Å². The van der Waals surface area contributed by atoms with Crippen molar-refractivity contribution >= 4 is 22.9 Å². The minimum atomic E-state index is -4.62. The Hall–Kier alpha value is -5.31. The number of rotatable bonds is 8. The standard InChI is InChI=1S/C35H26ClF3N6O2/c1-21-26(13-18-29(41-21)35(37,38)39)19-44-34(46)31(25-11-16-28(40-3)17-12-25)30(24-9-14-27(36)15-10-24)33-43-42-32(45(33)44)22(2)47-20-23-7-5-4-6-8-23/h4-18,22H,19-20H2,1-2H3/t22-/m0/s1. The van der Waals surface area contributed by atoms with Crippen molar-refractivity contribution < 1.29 is 17.9 Å². The van der Waals surface area contributed by atoms with E-state index < -0.39 is 23.5 Å². The van der Waals surface area contributed by atoms with E-state index >= 15 is 0 Å². The summed E-state index contributed by atoms with van der Waals surface area (Å²) in [5, 5.41) is 9.53. The molecule has 47 heavy (non-hydrogen) atoms. The molecule has 6 rings (SSSR count). The van der Waals surface area contributed by atoms with Crippen LogP contribution in [0.4, 0.5) is 18.9 Å². The van der Waals surface area contributed by atoms with Gasteiger partial charge in [0.2, 0.25) is 0 Å². The van der Waals surface area contributed by atoms with Crippen molar-refractivity contribution in [1.82, 2.24) is 24.4 Å². The molecule has 6 aromatic rings. The molecule has 0 N–H and O–H groups in total. The number of alkyl halides is 3. The van der Waals surface area contributed by atoms with E-state index in [1.165, 1.54) is 17.7 Å². The minimum Gasteiger partial charge on any atom is -0.366 e. The van der Waals surface area contributed by atoms with Crippen molar-refractivity contribution in [3.05, 3.63) is 146 Å². The highest BCUT2D eigenvalue weighted by molar-refractivity contribution is 6.30. The number of hydrogen-bond acceptors (Lipinski definition) is 5. The Morgan fingerprint density at radius 2 is 1.57 bits per heavy atom. The fourth-order valence-electron chi connectivity index (χ4n) is 5.33. The molecular formula is C35H26ClF3N6O2. The molecule has 3 aromatic carbocycles. The molecule has 1 atom stereocenters. The highest BCUT2D eigenvalue weighted by Gasteiger charge is 2.33. The van der Waals surface area contributed by atoms with E-state index in [4.69, 9.17) is 22.9 Å². The zero-order chi connectivity index (χ0) is 33.3. The van der Waals surface area contributed by atoms with Crippen LogP contribution in [0.25, 0.3) is 32.7 Å². The Labute approximate surface area is 272 Å². The Morgan fingerprint density at radius 1 is 0.915 bits per heavy atom. The van der Waals surface area contributed by atoms with E-state index in [1.54, 1.807) is 60.0 Å². The number of aromatic nitrogens is 5. The van der Waals surface area contributed by atoms with Gasteiger partial charge in [-0.15, -0.1) is 10.2 Å². The summed E-state index contributed by atoms with van der Waals surface area (Å²) in [5.41, 5.74) is 2.56. The average molecular weight is 655 g/mol. The summed E-state index contributed by atoms with van der Waals surface area (Å²) in [6.45, 7) is 10.7. The molecule has 12 heteroatoms. The number of pyridine rings is 1. The van der Waals surface area contributed by atoms with Gasteiger partial charge in [0.15, 0.2) is 17.2 Å². The second-order valence-corrected chi connectivity index (χ2v) is 11.3. The lowest BCUT2D eigenvalue weighted by Crippen LogP contribution is -2.31. The zero-order valence-corrected chi connectivity index (χ0v) is 25.9. The molecule has 0 unspecified atom stereocenters. The molecule has 0 saturated carbocycles. The first kappa shape index (κ1) is 31.7. The predicted molar refractivity (Wildman–Crippen MR) is 172 cm³/mol. The fraction of sp³-hybridized carbons (Fsp3) is 0.171. The molecule has 0 spiro atoms. The maximum atomic E-state index is 14.8. The molecule has 0 bridgehead atoms. The van der Waals surface area contributed by atoms with Crippen molar-refractivity contribution in [1.29, 1.82) is 0 Å². The molecule has 236 valence electrons. The lowest BCUT2D eigenvalue weighted by Gasteiger charge is -2.20. The van der Waals surface area contributed by atoms with E-state index in [9.17, 15) is 18.0 Å². The van der Waals surface area contributed by atoms with Crippen molar-refractivity contribution in [3.63, 3.8) is 0 Å². The van der Waals surface area contributed by atoms with Crippen molar-refractivity contribution in [2.45, 2.75) is 39.3 Å². The molecule has 8 nitrogen and oxygen atoms in total. The van der Waals surface area contributed by atoms with Crippen LogP contribution in [0.3, 0.4) is 0 Å². The van der Waals surface area contributed by atoms with Gasteiger partial charge in [0.05, 0.1) is 25.3 Å². The third-order valence-corrected chi connectivity index (χ3v) is 8.01. The fourth-order valence-corrected chi connectivity index (χ4v) is 5.45. The Kier molecular flexibility index (Phi) is 8.64. The van der Waals surface area contributed by atoms with Crippen molar-refractivity contribution in [2.24, 2.45) is 0 Å². The van der Waals surface area contributed by atoms with Gasteiger partial charge in [0.1, 0.15) is 11.8 Å². The number of halogens is 4. The van der Waals surface area contributed by atoms with Crippen molar-refractivity contribution in [2.75, 3.05) is 0 Å². The van der Waals surface area contributed by atoms with E-state index in [1.807, 2.05) is 30.3 Å². The highest BCUT2D eigenvalue weighted by Crippen LogP contribution is 2.36. The van der Waals surface area contributed by atoms with E-state index in [0.717, 1.165) is 11.6 Å². The van der Waals surface area contributed by atoms with Crippen LogP contribution < -0.4 is 5.56 Å². The minimum absolute atomic E-state index is 0.118. The molecule has 0 amide bonds. The second-order valence-electron chi connectivity index (χ2n) is 10.8. The van der Waals surface area contributed by atoms with Crippen LogP contribution in [0.2, 0.25) is 5.02 Å². The molecule has 3 heterocycles. The highest BCUT2D eigenvalue weighted by atomic mass is 35.5. The normalized spacial score (nSPS) is 12.3. The number of fused-ring (bicyclic) bond motifs is 1. The maximum absolute atomic E-state index is 14.8. The van der Waals surface area contributed by atoms with Gasteiger partial charge in [0.25, 0.3) is 5.56 Å². The van der Waals surface area contributed by atoms with Gasteiger partial charge in [-0.05, 0) is 54.3 Å². The summed E-state index contributed by atoms with van der Waals surface area (Å²) < 4.78 is 49.5. The maximum Gasteiger partial charge on any atom is 0.433 e. The number of benzene rings is 3. The first-order valence-corrected chi connectivity index (χ1v) is 14.9. The van der Waals surface area contributed by atoms with Crippen LogP contribution in [-0.4, -0.2) is 24.4 Å². The molecule has 0 fully saturated rings. The van der Waals surface area contributed by atoms with Crippen LogP contribution in [0.1, 0.15) is 41.4 Å². The topological polar surface area (TPSA) is 78.7 Å². The van der Waals surface area contributed by atoms with Crippen LogP contribution in [0.15, 0.2) is 95.8 Å². The zero-order valence-electron chi connectivity index (χ0n) is 25.2. The van der Waals surface area contributed by atoms with Crippen LogP contribution in [-0.2, 0) is 24.1 Å². The van der Waals surface area contributed by atoms with Gasteiger partial charge in [-0.1, -0.05) is 84.4 Å². The molecule has 0 aliphatic carbocycles. The lowest BCUT2D eigenvalue weighted by atomic mass is 9.96. The number of hydrogen-bond donors (Lipinski definition) is 0. The van der Waals surface area contributed by atoms with Gasteiger partial charge in [-0.2, -0.15) is 13.2 Å². The average Bonchev–Trinajstić information content (AvgIpc) is 3.51. The first-order valence-electron chi connectivity index (χ1n) is 14.5. The molecule has 0 aliphatic rings. The Morgan fingerprint density at radius 3 is 2.21 bits per heavy atom. The van der Waals surface area contributed by atoms with Crippen LogP contribution in [0, 0.1) is 13.5 Å². The third-order valence-electron chi connectivity index (χ3n) is 7.76. The Bertz CT molecular complexity index is 2170. The largest absolute Gasteiger partial charge is 0.433 e. The summed E-state index contributed by atoms with van der Waals surface area (Å²) in [7, 11) is 0. The van der Waals surface area contributed by atoms with Gasteiger partial charge in [0, 0.05) is 16.3 Å². The van der Waals surface area contributed by atoms with Crippen molar-refractivity contribution in [3.8, 4) is 22.3 Å². The van der Waals surface area contributed by atoms with Gasteiger partial charge in [-0.25, -0.2) is 19.0 Å². The number of ether oxygens (including phenoxy) is 1. The molecule has 0 radical (unpaired) electrons. The first-order chi connectivity index (χ1) is 22.5. The quantitative estimate of drug-likeness (QED) is 0.154. The SMILES string of the molecule is [C-]#[N+]c1ccc(-c2c(-c3ccc(Cl)cc3)c3nnc([C@H](C)OCc4ccccc4)n3n(Cc3ccc(C(F)(F)F)nc3C)c2=O)cc1. The predicted octanol–water partition coefficient (Wildman–Crippen LogP) is 8.48. The molecule has 3 aromatic heterocycles. The van der Waals surface area contributed by atoms with Crippen LogP contribution in [0.5, 0.6) is 0 Å². The smallest absolute Gasteiger partial charge is 0.366 e. The summed E-state index contributed by atoms with van der Waals surface area (Å²) in [6, 6.07) is 25.3. The monoisotopic (exact) mass is 654 g/mol. The lowest BCUT2D eigenvalue weighted by molar-refractivity contribution is -0.141. The van der Waals surface area contributed by atoms with Gasteiger partial charge in [-0.3, -0.25) is 4.79 Å². The molecule has 0 aliphatic heterocycles. The molecule has 0 saturated heterocycles. The number of nitrogens with zero attached hydrogens (tertiary/aromatic N) is 6. The van der Waals surface area contributed by atoms with Gasteiger partial charge >= 0.3 is 6.18 Å². The second kappa shape index (κ2) is 12.8. The number of aryl methyl sites for hydroxylation is 1. The summed E-state index contributed by atoms with van der Waals surface area (Å²) in [5.74, 6) is 0.315. The Balaban J connectivity index is 1.61. The summed E-state index contributed by atoms with van der Waals surface area (Å²) >= 11 is 6.22. The van der Waals surface area contributed by atoms with E-state index in [0.29, 0.717) is 44.4 Å². The van der Waals surface area contributed by atoms with Gasteiger partial charge < -0.3 is 4.74 Å². The van der Waals surface area contributed by atoms with E-state index in [-0.39, 0.29) is 24.4 Å². The summed E-state index contributed by atoms with van der Waals surface area (Å²) in [6.07, 6.45) is -5.27. The third kappa shape index (κ3) is 6.38. The molecular weight excluding hydrogens is 629 g/mol. The summed E-state index contributed by atoms with van der Waals surface area (Å²) in [4.78, 5) is 22.0.